The monoisotopic (exact) mass is 311 g/mol. The molecule has 0 aromatic heterocycles. The van der Waals surface area contributed by atoms with Crippen molar-refractivity contribution in [1.82, 2.24) is 5.32 Å². The summed E-state index contributed by atoms with van der Waals surface area (Å²) in [6.45, 7) is 8.25. The van der Waals surface area contributed by atoms with Crippen LogP contribution >= 0.6 is 11.8 Å². The molecule has 0 aliphatic carbocycles. The molecule has 0 saturated carbocycles. The Hall–Kier alpha value is -1.07. The minimum Gasteiger partial charge on any atom is -0.493 e. The number of hydrogen-bond donors (Lipinski definition) is 1. The fourth-order valence-corrected chi connectivity index (χ4v) is 2.65. The van der Waals surface area contributed by atoms with Crippen LogP contribution in [0.5, 0.6) is 17.2 Å². The van der Waals surface area contributed by atoms with E-state index < -0.39 is 0 Å². The standard InChI is InChI=1S/C16H25NO3S/c1-4-21-7-5-6-18-14-9-16-15(19-11-20-16)8-13(14)10-17-12(2)3/h8-9,12,17H,4-7,10-11H2,1-3H3. The third-order valence-electron chi connectivity index (χ3n) is 3.15. The summed E-state index contributed by atoms with van der Waals surface area (Å²) in [5, 5.41) is 3.42. The molecule has 0 fully saturated rings. The van der Waals surface area contributed by atoms with Crippen molar-refractivity contribution >= 4 is 11.8 Å². The molecule has 1 aromatic rings. The van der Waals surface area contributed by atoms with Gasteiger partial charge in [0.05, 0.1) is 6.61 Å². The summed E-state index contributed by atoms with van der Waals surface area (Å²) in [5.74, 6) is 4.79. The van der Waals surface area contributed by atoms with E-state index in [2.05, 4.69) is 26.1 Å². The van der Waals surface area contributed by atoms with Crippen LogP contribution in [-0.2, 0) is 6.54 Å². The molecule has 1 aromatic carbocycles. The van der Waals surface area contributed by atoms with E-state index in [0.717, 1.165) is 53.9 Å². The van der Waals surface area contributed by atoms with Gasteiger partial charge in [0.25, 0.3) is 0 Å². The first-order valence-corrected chi connectivity index (χ1v) is 8.72. The molecule has 1 aliphatic rings. The van der Waals surface area contributed by atoms with Crippen molar-refractivity contribution in [2.45, 2.75) is 39.8 Å². The first kappa shape index (κ1) is 16.3. The number of thioether (sulfide) groups is 1. The number of nitrogens with one attached hydrogen (secondary N) is 1. The highest BCUT2D eigenvalue weighted by molar-refractivity contribution is 7.99. The molecule has 0 unspecified atom stereocenters. The van der Waals surface area contributed by atoms with Gasteiger partial charge < -0.3 is 19.5 Å². The molecule has 0 amide bonds. The molecule has 1 heterocycles. The molecule has 2 rings (SSSR count). The maximum atomic E-state index is 5.95. The maximum Gasteiger partial charge on any atom is 0.231 e. The number of benzene rings is 1. The molecule has 0 spiro atoms. The summed E-state index contributed by atoms with van der Waals surface area (Å²) in [5.41, 5.74) is 1.12. The minimum atomic E-state index is 0.295. The molecule has 5 heteroatoms. The quantitative estimate of drug-likeness (QED) is 0.707. The van der Waals surface area contributed by atoms with Gasteiger partial charge in [-0.25, -0.2) is 0 Å². The number of ether oxygens (including phenoxy) is 3. The van der Waals surface area contributed by atoms with Gasteiger partial charge in [-0.3, -0.25) is 0 Å². The van der Waals surface area contributed by atoms with Crippen molar-refractivity contribution in [3.8, 4) is 17.2 Å². The summed E-state index contributed by atoms with van der Waals surface area (Å²) in [7, 11) is 0. The highest BCUT2D eigenvalue weighted by Gasteiger charge is 2.18. The van der Waals surface area contributed by atoms with Gasteiger partial charge in [0, 0.05) is 24.2 Å². The van der Waals surface area contributed by atoms with Crippen LogP contribution in [-0.4, -0.2) is 30.9 Å². The predicted molar refractivity (Wildman–Crippen MR) is 87.7 cm³/mol. The van der Waals surface area contributed by atoms with Crippen molar-refractivity contribution < 1.29 is 14.2 Å². The van der Waals surface area contributed by atoms with Gasteiger partial charge in [-0.15, -0.1) is 0 Å². The summed E-state index contributed by atoms with van der Waals surface area (Å²) >= 11 is 1.94. The smallest absolute Gasteiger partial charge is 0.231 e. The van der Waals surface area contributed by atoms with Crippen LogP contribution in [0.4, 0.5) is 0 Å². The average Bonchev–Trinajstić information content (AvgIpc) is 2.91. The van der Waals surface area contributed by atoms with Gasteiger partial charge in [-0.1, -0.05) is 20.8 Å². The first-order chi connectivity index (χ1) is 10.2. The summed E-state index contributed by atoms with van der Waals surface area (Å²) in [6.07, 6.45) is 1.06. The van der Waals surface area contributed by atoms with Crippen molar-refractivity contribution in [3.05, 3.63) is 17.7 Å². The Morgan fingerprint density at radius 1 is 1.29 bits per heavy atom. The lowest BCUT2D eigenvalue weighted by atomic mass is 10.1. The van der Waals surface area contributed by atoms with Crippen LogP contribution in [0, 0.1) is 0 Å². The summed E-state index contributed by atoms with van der Waals surface area (Å²) < 4.78 is 16.8. The van der Waals surface area contributed by atoms with E-state index >= 15 is 0 Å². The molecule has 0 bridgehead atoms. The molecule has 118 valence electrons. The van der Waals surface area contributed by atoms with Crippen molar-refractivity contribution in [3.63, 3.8) is 0 Å². The zero-order valence-corrected chi connectivity index (χ0v) is 13.9. The van der Waals surface area contributed by atoms with Gasteiger partial charge in [0.1, 0.15) is 5.75 Å². The first-order valence-electron chi connectivity index (χ1n) is 7.57. The lowest BCUT2D eigenvalue weighted by Crippen LogP contribution is -2.22. The molecular formula is C16H25NO3S. The van der Waals surface area contributed by atoms with E-state index in [1.54, 1.807) is 0 Å². The third-order valence-corrected chi connectivity index (χ3v) is 4.14. The Labute approximate surface area is 131 Å². The summed E-state index contributed by atoms with van der Waals surface area (Å²) in [6, 6.07) is 4.41. The average molecular weight is 311 g/mol. The number of hydrogen-bond acceptors (Lipinski definition) is 5. The second-order valence-corrected chi connectivity index (χ2v) is 6.64. The fraction of sp³-hybridized carbons (Fsp3) is 0.625. The van der Waals surface area contributed by atoms with Gasteiger partial charge in [0.15, 0.2) is 11.5 Å². The van der Waals surface area contributed by atoms with Crippen LogP contribution in [0.3, 0.4) is 0 Å². The van der Waals surface area contributed by atoms with Crippen LogP contribution < -0.4 is 19.5 Å². The van der Waals surface area contributed by atoms with Gasteiger partial charge >= 0.3 is 0 Å². The van der Waals surface area contributed by atoms with Gasteiger partial charge in [-0.2, -0.15) is 11.8 Å². The fourth-order valence-electron chi connectivity index (χ4n) is 2.04. The Morgan fingerprint density at radius 2 is 2.05 bits per heavy atom. The normalized spacial score (nSPS) is 13.0. The third kappa shape index (κ3) is 5.00. The van der Waals surface area contributed by atoms with Crippen molar-refractivity contribution in [2.24, 2.45) is 0 Å². The van der Waals surface area contributed by atoms with Crippen LogP contribution in [0.15, 0.2) is 12.1 Å². The van der Waals surface area contributed by atoms with Crippen LogP contribution in [0.25, 0.3) is 0 Å². The van der Waals surface area contributed by atoms with E-state index in [1.165, 1.54) is 0 Å². The highest BCUT2D eigenvalue weighted by atomic mass is 32.2. The molecule has 1 aliphatic heterocycles. The molecular weight excluding hydrogens is 286 g/mol. The lowest BCUT2D eigenvalue weighted by molar-refractivity contribution is 0.173. The Kier molecular flexibility index (Phi) is 6.51. The second-order valence-electron chi connectivity index (χ2n) is 5.25. The van der Waals surface area contributed by atoms with Crippen LogP contribution in [0.2, 0.25) is 0 Å². The molecule has 0 atom stereocenters. The molecule has 4 nitrogen and oxygen atoms in total. The minimum absolute atomic E-state index is 0.295. The molecule has 1 N–H and O–H groups in total. The number of fused-ring (bicyclic) bond motifs is 1. The SMILES string of the molecule is CCSCCCOc1cc2c(cc1CNC(C)C)OCO2. The van der Waals surface area contributed by atoms with E-state index in [0.29, 0.717) is 12.8 Å². The zero-order chi connectivity index (χ0) is 15.1. The topological polar surface area (TPSA) is 39.7 Å². The lowest BCUT2D eigenvalue weighted by Gasteiger charge is -2.14. The maximum absolute atomic E-state index is 5.95. The largest absolute Gasteiger partial charge is 0.493 e. The number of rotatable bonds is 9. The van der Waals surface area contributed by atoms with E-state index in [1.807, 2.05) is 23.9 Å². The second kappa shape index (κ2) is 8.39. The highest BCUT2D eigenvalue weighted by Crippen LogP contribution is 2.38. The summed E-state index contributed by atoms with van der Waals surface area (Å²) in [4.78, 5) is 0. The molecule has 0 radical (unpaired) electrons. The predicted octanol–water partition coefficient (Wildman–Crippen LogP) is 3.44. The molecule has 21 heavy (non-hydrogen) atoms. The van der Waals surface area contributed by atoms with Gasteiger partial charge in [0.2, 0.25) is 6.79 Å². The van der Waals surface area contributed by atoms with Gasteiger partial charge in [-0.05, 0) is 24.0 Å². The van der Waals surface area contributed by atoms with Crippen molar-refractivity contribution in [2.75, 3.05) is 24.9 Å². The molecule has 0 saturated heterocycles. The Bertz CT molecular complexity index is 451. The van der Waals surface area contributed by atoms with E-state index in [4.69, 9.17) is 14.2 Å². The zero-order valence-electron chi connectivity index (χ0n) is 13.1. The Balaban J connectivity index is 1.98. The Morgan fingerprint density at radius 3 is 2.76 bits per heavy atom. The van der Waals surface area contributed by atoms with Crippen molar-refractivity contribution in [1.29, 1.82) is 0 Å². The van der Waals surface area contributed by atoms with E-state index in [9.17, 15) is 0 Å². The van der Waals surface area contributed by atoms with Crippen LogP contribution in [0.1, 0.15) is 32.8 Å². The van der Waals surface area contributed by atoms with E-state index in [-0.39, 0.29) is 0 Å².